The van der Waals surface area contributed by atoms with E-state index in [-0.39, 0.29) is 11.9 Å². The largest absolute Gasteiger partial charge is 0.342 e. The summed E-state index contributed by atoms with van der Waals surface area (Å²) < 4.78 is 0. The van der Waals surface area contributed by atoms with Gasteiger partial charge in [-0.25, -0.2) is 0 Å². The quantitative estimate of drug-likeness (QED) is 0.595. The monoisotopic (exact) mass is 398 g/mol. The van der Waals surface area contributed by atoms with Crippen molar-refractivity contribution >= 4 is 5.91 Å². The smallest absolute Gasteiger partial charge is 0.239 e. The number of carbonyl (C=O) groups excluding carboxylic acids is 1. The van der Waals surface area contributed by atoms with Crippen molar-refractivity contribution in [3.05, 3.63) is 108 Å². The summed E-state index contributed by atoms with van der Waals surface area (Å²) in [4.78, 5) is 15.4. The van der Waals surface area contributed by atoms with Gasteiger partial charge in [0.05, 0.1) is 11.6 Å². The third-order valence-corrected chi connectivity index (χ3v) is 6.17. The molecule has 0 bridgehead atoms. The lowest BCUT2D eigenvalue weighted by Gasteiger charge is -2.40. The molecule has 3 aromatic carbocycles. The molecule has 1 fully saturated rings. The van der Waals surface area contributed by atoms with Crippen molar-refractivity contribution in [2.24, 2.45) is 0 Å². The summed E-state index contributed by atoms with van der Waals surface area (Å²) in [5.74, 6) is 0.210. The molecular weight excluding hydrogens is 368 g/mol. The number of benzene rings is 3. The number of carbonyl (C=O) groups is 1. The van der Waals surface area contributed by atoms with E-state index in [0.29, 0.717) is 0 Å². The van der Waals surface area contributed by atoms with Gasteiger partial charge in [0.25, 0.3) is 0 Å². The lowest BCUT2D eigenvalue weighted by atomic mass is 9.76. The first-order valence-electron chi connectivity index (χ1n) is 11.0. The predicted molar refractivity (Wildman–Crippen MR) is 122 cm³/mol. The van der Waals surface area contributed by atoms with Gasteiger partial charge >= 0.3 is 0 Å². The van der Waals surface area contributed by atoms with Crippen molar-refractivity contribution < 1.29 is 4.79 Å². The fraction of sp³-hybridized carbons (Fsp3) is 0.296. The Morgan fingerprint density at radius 1 is 0.800 bits per heavy atom. The fourth-order valence-electron chi connectivity index (χ4n) is 4.63. The maximum atomic E-state index is 13.4. The van der Waals surface area contributed by atoms with Crippen LogP contribution in [-0.2, 0) is 10.3 Å². The van der Waals surface area contributed by atoms with Gasteiger partial charge in [-0.05, 0) is 42.9 Å². The molecule has 1 atom stereocenters. The van der Waals surface area contributed by atoms with Crippen LogP contribution in [0.5, 0.6) is 0 Å². The van der Waals surface area contributed by atoms with Crippen LogP contribution in [0.1, 0.15) is 42.9 Å². The lowest BCUT2D eigenvalue weighted by Crippen LogP contribution is -2.55. The third kappa shape index (κ3) is 3.90. The Kier molecular flexibility index (Phi) is 6.29. The first kappa shape index (κ1) is 20.4. The van der Waals surface area contributed by atoms with Gasteiger partial charge in [-0.2, -0.15) is 0 Å². The van der Waals surface area contributed by atoms with Gasteiger partial charge in [0.2, 0.25) is 5.91 Å². The molecule has 1 saturated heterocycles. The summed E-state index contributed by atoms with van der Waals surface area (Å²) in [6, 6.07) is 31.3. The average Bonchev–Trinajstić information content (AvgIpc) is 3.00. The van der Waals surface area contributed by atoms with E-state index >= 15 is 0 Å². The van der Waals surface area contributed by atoms with E-state index in [0.717, 1.165) is 49.0 Å². The fourth-order valence-corrected chi connectivity index (χ4v) is 4.63. The van der Waals surface area contributed by atoms with Crippen LogP contribution in [0.2, 0.25) is 0 Å². The molecule has 1 aliphatic rings. The zero-order valence-electron chi connectivity index (χ0n) is 17.6. The lowest BCUT2D eigenvalue weighted by molar-refractivity contribution is -0.133. The minimum absolute atomic E-state index is 0.210. The second kappa shape index (κ2) is 9.27. The number of amides is 1. The van der Waals surface area contributed by atoms with Crippen LogP contribution in [-0.4, -0.2) is 29.9 Å². The van der Waals surface area contributed by atoms with Crippen LogP contribution < -0.4 is 5.32 Å². The molecule has 3 nitrogen and oxygen atoms in total. The summed E-state index contributed by atoms with van der Waals surface area (Å²) in [5, 5.41) is 3.88. The highest BCUT2D eigenvalue weighted by atomic mass is 16.2. The van der Waals surface area contributed by atoms with Crippen LogP contribution >= 0.6 is 0 Å². The van der Waals surface area contributed by atoms with Gasteiger partial charge in [0.15, 0.2) is 0 Å². The molecule has 1 amide bonds. The number of nitrogens with zero attached hydrogens (tertiary/aromatic N) is 1. The Morgan fingerprint density at radius 3 is 1.70 bits per heavy atom. The number of rotatable bonds is 6. The molecule has 0 saturated carbocycles. The van der Waals surface area contributed by atoms with Crippen molar-refractivity contribution in [2.75, 3.05) is 13.1 Å². The van der Waals surface area contributed by atoms with E-state index in [4.69, 9.17) is 0 Å². The number of hydrogen-bond donors (Lipinski definition) is 1. The summed E-state index contributed by atoms with van der Waals surface area (Å²) in [7, 11) is 0. The molecular formula is C27H30N2O. The molecule has 3 heteroatoms. The van der Waals surface area contributed by atoms with E-state index in [9.17, 15) is 4.79 Å². The molecule has 1 aliphatic heterocycles. The first-order chi connectivity index (χ1) is 14.8. The molecule has 1 unspecified atom stereocenters. The zero-order chi connectivity index (χ0) is 20.8. The van der Waals surface area contributed by atoms with Gasteiger partial charge in [-0.15, -0.1) is 0 Å². The van der Waals surface area contributed by atoms with Crippen LogP contribution in [0.25, 0.3) is 0 Å². The molecule has 0 radical (unpaired) electrons. The van der Waals surface area contributed by atoms with E-state index in [1.165, 1.54) is 0 Å². The van der Waals surface area contributed by atoms with Gasteiger partial charge in [-0.3, -0.25) is 10.1 Å². The van der Waals surface area contributed by atoms with Gasteiger partial charge in [-0.1, -0.05) is 91.0 Å². The normalized spacial score (nSPS) is 17.6. The predicted octanol–water partition coefficient (Wildman–Crippen LogP) is 4.97. The minimum atomic E-state index is -0.603. The average molecular weight is 399 g/mol. The van der Waals surface area contributed by atoms with Crippen LogP contribution in [0.3, 0.4) is 0 Å². The highest BCUT2D eigenvalue weighted by molar-refractivity contribution is 5.82. The summed E-state index contributed by atoms with van der Waals surface area (Å²) in [6.45, 7) is 3.67. The molecule has 4 rings (SSSR count). The van der Waals surface area contributed by atoms with Crippen molar-refractivity contribution in [3.63, 3.8) is 0 Å². The van der Waals surface area contributed by atoms with Crippen LogP contribution in [0.15, 0.2) is 91.0 Å². The summed E-state index contributed by atoms with van der Waals surface area (Å²) in [5.41, 5.74) is 2.82. The Balaban J connectivity index is 1.90. The standard InChI is InChI=1S/C27H30N2O/c1-2-29-21-13-12-20-25(26(29)30)28-27(22-14-6-3-7-15-22,23-16-8-4-9-17-23)24-18-10-5-11-19-24/h3-11,14-19,25,28H,2,12-13,20-21H2,1H3. The number of hydrogen-bond acceptors (Lipinski definition) is 2. The highest BCUT2D eigenvalue weighted by Gasteiger charge is 2.40. The SMILES string of the molecule is CCN1CCCCC(NC(c2ccccc2)(c2ccccc2)c2ccccc2)C1=O. The second-order valence-corrected chi connectivity index (χ2v) is 7.96. The highest BCUT2D eigenvalue weighted by Crippen LogP contribution is 2.38. The Morgan fingerprint density at radius 2 is 1.27 bits per heavy atom. The molecule has 0 aliphatic carbocycles. The number of likely N-dealkylation sites (N-methyl/N-ethyl adjacent to an activating group) is 1. The topological polar surface area (TPSA) is 32.3 Å². The van der Waals surface area contributed by atoms with E-state index < -0.39 is 5.54 Å². The van der Waals surface area contributed by atoms with Gasteiger partial charge < -0.3 is 4.90 Å². The van der Waals surface area contributed by atoms with E-state index in [1.807, 2.05) is 23.1 Å². The Bertz CT molecular complexity index is 844. The van der Waals surface area contributed by atoms with E-state index in [2.05, 4.69) is 85.0 Å². The molecule has 30 heavy (non-hydrogen) atoms. The van der Waals surface area contributed by atoms with Crippen molar-refractivity contribution in [1.82, 2.24) is 10.2 Å². The summed E-state index contributed by atoms with van der Waals surface area (Å²) >= 11 is 0. The zero-order valence-corrected chi connectivity index (χ0v) is 17.6. The van der Waals surface area contributed by atoms with Crippen LogP contribution in [0.4, 0.5) is 0 Å². The molecule has 0 aromatic heterocycles. The van der Waals surface area contributed by atoms with Crippen LogP contribution in [0, 0.1) is 0 Å². The number of nitrogens with one attached hydrogen (secondary N) is 1. The van der Waals surface area contributed by atoms with Crippen molar-refractivity contribution in [1.29, 1.82) is 0 Å². The maximum Gasteiger partial charge on any atom is 0.239 e. The van der Waals surface area contributed by atoms with Crippen molar-refractivity contribution in [2.45, 2.75) is 37.8 Å². The second-order valence-electron chi connectivity index (χ2n) is 7.96. The molecule has 0 spiro atoms. The number of likely N-dealkylation sites (tertiary alicyclic amines) is 1. The third-order valence-electron chi connectivity index (χ3n) is 6.17. The minimum Gasteiger partial charge on any atom is -0.342 e. The first-order valence-corrected chi connectivity index (χ1v) is 11.0. The molecule has 1 heterocycles. The molecule has 154 valence electrons. The molecule has 3 aromatic rings. The van der Waals surface area contributed by atoms with Gasteiger partial charge in [0, 0.05) is 13.1 Å². The van der Waals surface area contributed by atoms with Gasteiger partial charge in [0.1, 0.15) is 0 Å². The van der Waals surface area contributed by atoms with Crippen molar-refractivity contribution in [3.8, 4) is 0 Å². The Hall–Kier alpha value is -2.91. The Labute approximate surface area is 179 Å². The molecule has 1 N–H and O–H groups in total. The summed E-state index contributed by atoms with van der Waals surface area (Å²) in [6.07, 6.45) is 2.96. The maximum absolute atomic E-state index is 13.4. The van der Waals surface area contributed by atoms with E-state index in [1.54, 1.807) is 0 Å².